The van der Waals surface area contributed by atoms with Crippen molar-refractivity contribution in [2.75, 3.05) is 0 Å². The SMILES string of the molecule is ClCc1nc2ccccc2n1CCc1cscn1. The number of hydrogen-bond donors (Lipinski definition) is 0. The van der Waals surface area contributed by atoms with Gasteiger partial charge in [-0.25, -0.2) is 9.97 Å². The van der Waals surface area contributed by atoms with Crippen molar-refractivity contribution < 1.29 is 0 Å². The average Bonchev–Trinajstić information content (AvgIpc) is 3.03. The van der Waals surface area contributed by atoms with Crippen LogP contribution in [0.15, 0.2) is 35.2 Å². The maximum atomic E-state index is 5.97. The van der Waals surface area contributed by atoms with Crippen LogP contribution in [-0.2, 0) is 18.8 Å². The lowest BCUT2D eigenvalue weighted by Crippen LogP contribution is -2.05. The van der Waals surface area contributed by atoms with Crippen LogP contribution in [0.1, 0.15) is 11.5 Å². The number of hydrogen-bond acceptors (Lipinski definition) is 3. The highest BCUT2D eigenvalue weighted by atomic mass is 35.5. The van der Waals surface area contributed by atoms with Crippen LogP contribution in [0.25, 0.3) is 11.0 Å². The van der Waals surface area contributed by atoms with Gasteiger partial charge in [0.05, 0.1) is 28.1 Å². The fourth-order valence-electron chi connectivity index (χ4n) is 2.06. The highest BCUT2D eigenvalue weighted by Gasteiger charge is 2.09. The van der Waals surface area contributed by atoms with Gasteiger partial charge in [0.15, 0.2) is 0 Å². The number of halogens is 1. The van der Waals surface area contributed by atoms with Crippen LogP contribution >= 0.6 is 22.9 Å². The van der Waals surface area contributed by atoms with Crippen molar-refractivity contribution in [3.8, 4) is 0 Å². The summed E-state index contributed by atoms with van der Waals surface area (Å²) < 4.78 is 2.18. The Hall–Kier alpha value is -1.39. The van der Waals surface area contributed by atoms with Crippen molar-refractivity contribution in [2.24, 2.45) is 0 Å². The van der Waals surface area contributed by atoms with E-state index in [0.29, 0.717) is 5.88 Å². The minimum absolute atomic E-state index is 0.436. The molecule has 0 bridgehead atoms. The molecule has 2 aromatic heterocycles. The molecule has 1 aromatic carbocycles. The number of aromatic nitrogens is 3. The van der Waals surface area contributed by atoms with Crippen LogP contribution in [0, 0.1) is 0 Å². The molecule has 0 unspecified atom stereocenters. The summed E-state index contributed by atoms with van der Waals surface area (Å²) in [5.74, 6) is 1.36. The second-order valence-corrected chi connectivity index (χ2v) is 5.02. The zero-order valence-corrected chi connectivity index (χ0v) is 11.3. The lowest BCUT2D eigenvalue weighted by molar-refractivity contribution is 0.680. The van der Waals surface area contributed by atoms with Crippen molar-refractivity contribution in [2.45, 2.75) is 18.8 Å². The quantitative estimate of drug-likeness (QED) is 0.684. The molecule has 0 saturated carbocycles. The molecular formula is C13H12ClN3S. The number of para-hydroxylation sites is 2. The molecule has 0 fully saturated rings. The topological polar surface area (TPSA) is 30.7 Å². The number of imidazole rings is 1. The number of aryl methyl sites for hydroxylation is 2. The van der Waals surface area contributed by atoms with E-state index < -0.39 is 0 Å². The molecule has 0 N–H and O–H groups in total. The van der Waals surface area contributed by atoms with Gasteiger partial charge < -0.3 is 4.57 Å². The summed E-state index contributed by atoms with van der Waals surface area (Å²) in [5, 5.41) is 2.08. The molecule has 0 aliphatic heterocycles. The number of benzene rings is 1. The highest BCUT2D eigenvalue weighted by Crippen LogP contribution is 2.18. The third-order valence-electron chi connectivity index (χ3n) is 2.93. The van der Waals surface area contributed by atoms with Gasteiger partial charge in [0.1, 0.15) is 5.82 Å². The van der Waals surface area contributed by atoms with Gasteiger partial charge in [-0.3, -0.25) is 0 Å². The van der Waals surface area contributed by atoms with E-state index in [9.17, 15) is 0 Å². The first kappa shape index (κ1) is 11.7. The monoisotopic (exact) mass is 277 g/mol. The molecule has 18 heavy (non-hydrogen) atoms. The Morgan fingerprint density at radius 3 is 2.94 bits per heavy atom. The Morgan fingerprint density at radius 2 is 2.17 bits per heavy atom. The molecule has 0 radical (unpaired) electrons. The van der Waals surface area contributed by atoms with E-state index >= 15 is 0 Å². The van der Waals surface area contributed by atoms with Crippen molar-refractivity contribution in [3.05, 3.63) is 46.7 Å². The second kappa shape index (κ2) is 5.08. The van der Waals surface area contributed by atoms with E-state index in [1.165, 1.54) is 0 Å². The number of nitrogens with zero attached hydrogens (tertiary/aromatic N) is 3. The van der Waals surface area contributed by atoms with E-state index in [-0.39, 0.29) is 0 Å². The van der Waals surface area contributed by atoms with Crippen molar-refractivity contribution in [3.63, 3.8) is 0 Å². The Morgan fingerprint density at radius 1 is 1.28 bits per heavy atom. The Kier molecular flexibility index (Phi) is 3.30. The molecule has 0 aliphatic rings. The first-order valence-electron chi connectivity index (χ1n) is 5.75. The van der Waals surface area contributed by atoms with E-state index in [1.807, 2.05) is 23.7 Å². The normalized spacial score (nSPS) is 11.2. The predicted molar refractivity (Wildman–Crippen MR) is 75.1 cm³/mol. The summed E-state index contributed by atoms with van der Waals surface area (Å²) in [6.07, 6.45) is 0.910. The fraction of sp³-hybridized carbons (Fsp3) is 0.231. The molecule has 0 aliphatic carbocycles. The minimum atomic E-state index is 0.436. The Bertz CT molecular complexity index is 645. The Balaban J connectivity index is 1.94. The lowest BCUT2D eigenvalue weighted by Gasteiger charge is -2.06. The van der Waals surface area contributed by atoms with E-state index in [2.05, 4.69) is 26.0 Å². The van der Waals surface area contributed by atoms with Crippen LogP contribution in [0.2, 0.25) is 0 Å². The zero-order chi connectivity index (χ0) is 12.4. The first-order chi connectivity index (χ1) is 8.88. The van der Waals surface area contributed by atoms with Crippen molar-refractivity contribution in [1.29, 1.82) is 0 Å². The van der Waals surface area contributed by atoms with E-state index in [1.54, 1.807) is 11.3 Å². The summed E-state index contributed by atoms with van der Waals surface area (Å²) >= 11 is 7.60. The van der Waals surface area contributed by atoms with E-state index in [0.717, 1.165) is 35.5 Å². The molecule has 3 aromatic rings. The van der Waals surface area contributed by atoms with Crippen LogP contribution < -0.4 is 0 Å². The summed E-state index contributed by atoms with van der Waals surface area (Å²) in [4.78, 5) is 8.85. The smallest absolute Gasteiger partial charge is 0.124 e. The van der Waals surface area contributed by atoms with Crippen LogP contribution in [0.4, 0.5) is 0 Å². The van der Waals surface area contributed by atoms with Crippen LogP contribution in [0.3, 0.4) is 0 Å². The molecule has 3 nitrogen and oxygen atoms in total. The number of rotatable bonds is 4. The second-order valence-electron chi connectivity index (χ2n) is 4.03. The standard InChI is InChI=1S/C13H12ClN3S/c14-7-13-16-11-3-1-2-4-12(11)17(13)6-5-10-8-18-9-15-10/h1-4,8-9H,5-7H2. The fourth-order valence-corrected chi connectivity index (χ4v) is 2.86. The molecule has 0 amide bonds. The summed E-state index contributed by atoms with van der Waals surface area (Å²) in [6.45, 7) is 0.867. The van der Waals surface area contributed by atoms with Crippen molar-refractivity contribution in [1.82, 2.24) is 14.5 Å². The van der Waals surface area contributed by atoms with Crippen LogP contribution in [-0.4, -0.2) is 14.5 Å². The summed E-state index contributed by atoms with van der Waals surface area (Å²) in [6, 6.07) is 8.13. The van der Waals surface area contributed by atoms with Gasteiger partial charge in [-0.1, -0.05) is 12.1 Å². The molecule has 5 heteroatoms. The minimum Gasteiger partial charge on any atom is -0.327 e. The van der Waals surface area contributed by atoms with Gasteiger partial charge >= 0.3 is 0 Å². The average molecular weight is 278 g/mol. The van der Waals surface area contributed by atoms with Crippen LogP contribution in [0.5, 0.6) is 0 Å². The molecule has 0 atom stereocenters. The molecule has 0 saturated heterocycles. The van der Waals surface area contributed by atoms with Gasteiger partial charge in [0, 0.05) is 18.3 Å². The molecule has 92 valence electrons. The van der Waals surface area contributed by atoms with Gasteiger partial charge in [-0.2, -0.15) is 0 Å². The molecular weight excluding hydrogens is 266 g/mol. The molecule has 2 heterocycles. The molecule has 0 spiro atoms. The van der Waals surface area contributed by atoms with Gasteiger partial charge in [-0.05, 0) is 12.1 Å². The molecule has 3 rings (SSSR count). The maximum Gasteiger partial charge on any atom is 0.124 e. The van der Waals surface area contributed by atoms with Gasteiger partial charge in [-0.15, -0.1) is 22.9 Å². The van der Waals surface area contributed by atoms with Crippen molar-refractivity contribution >= 4 is 34.0 Å². The number of fused-ring (bicyclic) bond motifs is 1. The Labute approximate surface area is 114 Å². The highest BCUT2D eigenvalue weighted by molar-refractivity contribution is 7.07. The predicted octanol–water partition coefficient (Wildman–Crippen LogP) is 3.47. The largest absolute Gasteiger partial charge is 0.327 e. The summed E-state index contributed by atoms with van der Waals surface area (Å²) in [5.41, 5.74) is 5.14. The maximum absolute atomic E-state index is 5.97. The van der Waals surface area contributed by atoms with E-state index in [4.69, 9.17) is 11.6 Å². The van der Waals surface area contributed by atoms with Gasteiger partial charge in [0.25, 0.3) is 0 Å². The third-order valence-corrected chi connectivity index (χ3v) is 3.80. The zero-order valence-electron chi connectivity index (χ0n) is 9.71. The lowest BCUT2D eigenvalue weighted by atomic mass is 10.3. The third kappa shape index (κ3) is 2.13. The number of alkyl halides is 1. The van der Waals surface area contributed by atoms with Gasteiger partial charge in [0.2, 0.25) is 0 Å². The first-order valence-corrected chi connectivity index (χ1v) is 7.23. The number of thiazole rings is 1. The summed E-state index contributed by atoms with van der Waals surface area (Å²) in [7, 11) is 0.